The van der Waals surface area contributed by atoms with E-state index >= 15 is 0 Å². The number of hydrogen-bond acceptors (Lipinski definition) is 3. The molecule has 5 heterocycles. The fourth-order valence-electron chi connectivity index (χ4n) is 6.21. The highest BCUT2D eigenvalue weighted by Crippen LogP contribution is 2.41. The number of rotatable bonds is 2. The lowest BCUT2D eigenvalue weighted by Gasteiger charge is -2.09. The predicted octanol–water partition coefficient (Wildman–Crippen LogP) is 9.04. The maximum absolute atomic E-state index is 5.00. The Morgan fingerprint density at radius 1 is 0.487 bits per heavy atom. The fourth-order valence-corrected chi connectivity index (χ4v) is 7.31. The van der Waals surface area contributed by atoms with Crippen molar-refractivity contribution in [3.63, 3.8) is 0 Å². The number of thiophene rings is 1. The van der Waals surface area contributed by atoms with Crippen LogP contribution in [0.25, 0.3) is 75.3 Å². The molecule has 4 aromatic carbocycles. The Labute approximate surface area is 227 Å². The van der Waals surface area contributed by atoms with Crippen molar-refractivity contribution in [3.8, 4) is 11.4 Å². The van der Waals surface area contributed by atoms with Gasteiger partial charge in [-0.05, 0) is 30.3 Å². The molecule has 0 aliphatic heterocycles. The summed E-state index contributed by atoms with van der Waals surface area (Å²) < 4.78 is 5.87. The molecule has 0 amide bonds. The van der Waals surface area contributed by atoms with Gasteiger partial charge in [0.1, 0.15) is 4.83 Å². The van der Waals surface area contributed by atoms with Crippen LogP contribution in [-0.2, 0) is 0 Å². The highest BCUT2D eigenvalue weighted by Gasteiger charge is 2.18. The summed E-state index contributed by atoms with van der Waals surface area (Å²) in [4.78, 5) is 10.8. The number of nitrogens with zero attached hydrogens (tertiary/aromatic N) is 4. The first-order chi connectivity index (χ1) is 19.4. The second-order valence-electron chi connectivity index (χ2n) is 9.92. The van der Waals surface area contributed by atoms with Gasteiger partial charge in [0.15, 0.2) is 0 Å². The van der Waals surface area contributed by atoms with Crippen LogP contribution in [0.15, 0.2) is 122 Å². The number of para-hydroxylation sites is 4. The van der Waals surface area contributed by atoms with E-state index in [1.54, 1.807) is 11.3 Å². The van der Waals surface area contributed by atoms with Crippen LogP contribution >= 0.6 is 11.3 Å². The second-order valence-corrected chi connectivity index (χ2v) is 10.9. The van der Waals surface area contributed by atoms with E-state index in [2.05, 4.69) is 112 Å². The Morgan fingerprint density at radius 2 is 1.00 bits per heavy atom. The molecule has 0 spiro atoms. The van der Waals surface area contributed by atoms with Crippen LogP contribution in [-0.4, -0.2) is 19.1 Å². The van der Waals surface area contributed by atoms with E-state index in [0.717, 1.165) is 27.0 Å². The normalized spacial score (nSPS) is 12.1. The zero-order chi connectivity index (χ0) is 25.5. The van der Waals surface area contributed by atoms with Crippen molar-refractivity contribution in [3.05, 3.63) is 122 Å². The standard InChI is InChI=1S/C34H20N4S/c1-5-13-28-22(9-1)23-10-2-6-14-29(23)37(28)21-17-26-27-19-35-20-32(33(27)39-34(26)36-18-21)38-30-15-7-3-11-24(30)25-12-4-8-16-31(25)38/h1-20H. The van der Waals surface area contributed by atoms with Gasteiger partial charge in [0.2, 0.25) is 0 Å². The lowest BCUT2D eigenvalue weighted by Crippen LogP contribution is -1.95. The maximum Gasteiger partial charge on any atom is 0.124 e. The smallest absolute Gasteiger partial charge is 0.124 e. The number of aromatic nitrogens is 4. The molecule has 0 fully saturated rings. The fraction of sp³-hybridized carbons (Fsp3) is 0. The first-order valence-corrected chi connectivity index (χ1v) is 13.8. The largest absolute Gasteiger partial charge is 0.308 e. The van der Waals surface area contributed by atoms with Crippen LogP contribution in [0.2, 0.25) is 0 Å². The van der Waals surface area contributed by atoms with Gasteiger partial charge < -0.3 is 9.13 Å². The lowest BCUT2D eigenvalue weighted by atomic mass is 10.2. The molecule has 0 bridgehead atoms. The Morgan fingerprint density at radius 3 is 1.56 bits per heavy atom. The first-order valence-electron chi connectivity index (χ1n) is 13.0. The third-order valence-corrected chi connectivity index (χ3v) is 9.01. The minimum Gasteiger partial charge on any atom is -0.308 e. The molecule has 0 N–H and O–H groups in total. The Bertz CT molecular complexity index is 2300. The summed E-state index contributed by atoms with van der Waals surface area (Å²) in [5.74, 6) is 0. The molecule has 4 nitrogen and oxygen atoms in total. The van der Waals surface area contributed by atoms with Crippen LogP contribution < -0.4 is 0 Å². The Balaban J connectivity index is 1.34. The summed E-state index contributed by atoms with van der Waals surface area (Å²) >= 11 is 1.74. The van der Waals surface area contributed by atoms with Gasteiger partial charge >= 0.3 is 0 Å². The van der Waals surface area contributed by atoms with Gasteiger partial charge in [0.05, 0.1) is 50.5 Å². The van der Waals surface area contributed by atoms with Gasteiger partial charge in [-0.25, -0.2) is 4.98 Å². The van der Waals surface area contributed by atoms with Gasteiger partial charge in [0, 0.05) is 38.5 Å². The van der Waals surface area contributed by atoms with Crippen molar-refractivity contribution in [2.24, 2.45) is 0 Å². The third kappa shape index (κ3) is 2.82. The molecular formula is C34H20N4S. The van der Waals surface area contributed by atoms with E-state index in [4.69, 9.17) is 9.97 Å². The zero-order valence-electron chi connectivity index (χ0n) is 20.7. The monoisotopic (exact) mass is 516 g/mol. The summed E-state index contributed by atoms with van der Waals surface area (Å²) in [6.45, 7) is 0. The van der Waals surface area contributed by atoms with Crippen molar-refractivity contribution in [2.45, 2.75) is 0 Å². The van der Waals surface area contributed by atoms with Gasteiger partial charge in [-0.1, -0.05) is 72.8 Å². The number of pyridine rings is 2. The molecule has 0 saturated heterocycles. The zero-order valence-corrected chi connectivity index (χ0v) is 21.6. The van der Waals surface area contributed by atoms with Crippen LogP contribution in [0, 0.1) is 0 Å². The van der Waals surface area contributed by atoms with Gasteiger partial charge in [-0.2, -0.15) is 0 Å². The van der Waals surface area contributed by atoms with Crippen LogP contribution in [0.1, 0.15) is 0 Å². The average molecular weight is 517 g/mol. The van der Waals surface area contributed by atoms with Gasteiger partial charge in [-0.3, -0.25) is 4.98 Å². The summed E-state index contributed by atoms with van der Waals surface area (Å²) in [7, 11) is 0. The maximum atomic E-state index is 5.00. The van der Waals surface area contributed by atoms with Gasteiger partial charge in [0.25, 0.3) is 0 Å². The highest BCUT2D eigenvalue weighted by atomic mass is 32.1. The molecule has 5 heteroatoms. The number of fused-ring (bicyclic) bond motifs is 9. The van der Waals surface area contributed by atoms with Crippen LogP contribution in [0.4, 0.5) is 0 Å². The molecule has 0 atom stereocenters. The molecule has 9 rings (SSSR count). The molecule has 182 valence electrons. The number of hydrogen-bond donors (Lipinski definition) is 0. The number of benzene rings is 4. The van der Waals surface area contributed by atoms with E-state index in [0.29, 0.717) is 0 Å². The highest BCUT2D eigenvalue weighted by molar-refractivity contribution is 7.25. The van der Waals surface area contributed by atoms with E-state index in [-0.39, 0.29) is 0 Å². The summed E-state index contributed by atoms with van der Waals surface area (Å²) in [5, 5.41) is 7.25. The Hall–Kier alpha value is -5.00. The molecular weight excluding hydrogens is 496 g/mol. The van der Waals surface area contributed by atoms with E-state index in [1.165, 1.54) is 48.3 Å². The predicted molar refractivity (Wildman–Crippen MR) is 164 cm³/mol. The van der Waals surface area contributed by atoms with Crippen molar-refractivity contribution in [2.75, 3.05) is 0 Å². The lowest BCUT2D eigenvalue weighted by molar-refractivity contribution is 1.16. The molecule has 39 heavy (non-hydrogen) atoms. The molecule has 0 unspecified atom stereocenters. The molecule has 9 aromatic rings. The van der Waals surface area contributed by atoms with Crippen molar-refractivity contribution in [1.29, 1.82) is 0 Å². The van der Waals surface area contributed by atoms with E-state index in [1.807, 2.05) is 18.6 Å². The van der Waals surface area contributed by atoms with Crippen LogP contribution in [0.5, 0.6) is 0 Å². The van der Waals surface area contributed by atoms with Gasteiger partial charge in [-0.15, -0.1) is 11.3 Å². The molecule has 0 aliphatic rings. The molecule has 0 radical (unpaired) electrons. The summed E-state index contributed by atoms with van der Waals surface area (Å²) in [5.41, 5.74) is 6.88. The SMILES string of the molecule is c1ccc2c(c1)c1ccccc1n2-c1cnc2sc3c(-n4c5ccccc5c5ccccc54)cncc3c2c1. The average Bonchev–Trinajstić information content (AvgIpc) is 3.65. The molecule has 0 aliphatic carbocycles. The van der Waals surface area contributed by atoms with Crippen LogP contribution in [0.3, 0.4) is 0 Å². The minimum atomic E-state index is 1.02. The molecule has 0 saturated carbocycles. The quantitative estimate of drug-likeness (QED) is 0.230. The first kappa shape index (κ1) is 21.0. The second kappa shape index (κ2) is 7.76. The summed E-state index contributed by atoms with van der Waals surface area (Å²) in [6.07, 6.45) is 5.98. The van der Waals surface area contributed by atoms with Crippen molar-refractivity contribution < 1.29 is 0 Å². The molecule has 5 aromatic heterocycles. The minimum absolute atomic E-state index is 1.02. The Kier molecular flexibility index (Phi) is 4.18. The summed E-state index contributed by atoms with van der Waals surface area (Å²) in [6, 6.07) is 36.7. The van der Waals surface area contributed by atoms with E-state index in [9.17, 15) is 0 Å². The van der Waals surface area contributed by atoms with E-state index < -0.39 is 0 Å². The van der Waals surface area contributed by atoms with Crippen molar-refractivity contribution in [1.82, 2.24) is 19.1 Å². The van der Waals surface area contributed by atoms with Crippen molar-refractivity contribution >= 4 is 75.3 Å². The third-order valence-electron chi connectivity index (χ3n) is 7.86. The topological polar surface area (TPSA) is 35.6 Å².